The average Bonchev–Trinajstić information content (AvgIpc) is 2.81. The van der Waals surface area contributed by atoms with Gasteiger partial charge in [-0.3, -0.25) is 9.59 Å². The van der Waals surface area contributed by atoms with Gasteiger partial charge in [0, 0.05) is 19.5 Å². The lowest BCUT2D eigenvalue weighted by molar-refractivity contribution is -0.141. The van der Waals surface area contributed by atoms with E-state index in [9.17, 15) is 9.59 Å². The molecule has 2 aromatic rings. The van der Waals surface area contributed by atoms with Crippen molar-refractivity contribution >= 4 is 11.8 Å². The standard InChI is InChI=1S/C28H40N2O3/c1-7-19-29-27(32)25(8-2)30(20-22-11-16-24(33-6)17-12-22)26(31)18-13-21-9-14-23(15-10-21)28(3,4)5/h9-12,14-17,25H,7-8,13,18-20H2,1-6H3,(H,29,32)/t25-/m0/s1. The third kappa shape index (κ3) is 7.92. The summed E-state index contributed by atoms with van der Waals surface area (Å²) in [5, 5.41) is 2.96. The van der Waals surface area contributed by atoms with E-state index >= 15 is 0 Å². The second-order valence-electron chi connectivity index (χ2n) is 9.53. The van der Waals surface area contributed by atoms with Crippen molar-refractivity contribution in [2.45, 2.75) is 78.3 Å². The van der Waals surface area contributed by atoms with E-state index in [2.05, 4.69) is 50.4 Å². The Morgan fingerprint density at radius 2 is 1.58 bits per heavy atom. The number of rotatable bonds is 11. The highest BCUT2D eigenvalue weighted by Crippen LogP contribution is 2.23. The molecule has 0 saturated heterocycles. The molecule has 2 amide bonds. The van der Waals surface area contributed by atoms with E-state index < -0.39 is 6.04 Å². The summed E-state index contributed by atoms with van der Waals surface area (Å²) in [6.07, 6.45) is 2.44. The zero-order valence-electron chi connectivity index (χ0n) is 21.1. The predicted molar refractivity (Wildman–Crippen MR) is 134 cm³/mol. The lowest BCUT2D eigenvalue weighted by atomic mass is 9.86. The van der Waals surface area contributed by atoms with Gasteiger partial charge in [-0.1, -0.05) is 71.0 Å². The van der Waals surface area contributed by atoms with Crippen LogP contribution in [0, 0.1) is 0 Å². The largest absolute Gasteiger partial charge is 0.497 e. The Bertz CT molecular complexity index is 883. The summed E-state index contributed by atoms with van der Waals surface area (Å²) in [7, 11) is 1.63. The van der Waals surface area contributed by atoms with E-state index in [1.807, 2.05) is 38.1 Å². The van der Waals surface area contributed by atoms with Crippen LogP contribution >= 0.6 is 0 Å². The number of carbonyl (C=O) groups excluding carboxylic acids is 2. The Morgan fingerprint density at radius 3 is 2.09 bits per heavy atom. The zero-order chi connectivity index (χ0) is 24.4. The monoisotopic (exact) mass is 452 g/mol. The maximum atomic E-state index is 13.4. The van der Waals surface area contributed by atoms with Crippen LogP contribution in [0.3, 0.4) is 0 Å². The normalized spacial score (nSPS) is 12.2. The van der Waals surface area contributed by atoms with Gasteiger partial charge in [0.2, 0.25) is 11.8 Å². The molecular weight excluding hydrogens is 412 g/mol. The van der Waals surface area contributed by atoms with E-state index in [-0.39, 0.29) is 17.2 Å². The van der Waals surface area contributed by atoms with Gasteiger partial charge in [-0.2, -0.15) is 0 Å². The van der Waals surface area contributed by atoms with E-state index in [1.165, 1.54) is 5.56 Å². The van der Waals surface area contributed by atoms with E-state index in [1.54, 1.807) is 12.0 Å². The minimum Gasteiger partial charge on any atom is -0.497 e. The van der Waals surface area contributed by atoms with Crippen LogP contribution in [0.25, 0.3) is 0 Å². The van der Waals surface area contributed by atoms with Crippen LogP contribution in [0.5, 0.6) is 5.75 Å². The molecule has 0 aliphatic rings. The first kappa shape index (κ1) is 26.4. The summed E-state index contributed by atoms with van der Waals surface area (Å²) in [5.74, 6) is 0.669. The molecule has 2 aromatic carbocycles. The van der Waals surface area contributed by atoms with Gasteiger partial charge in [0.05, 0.1) is 7.11 Å². The van der Waals surface area contributed by atoms with E-state index in [4.69, 9.17) is 4.74 Å². The van der Waals surface area contributed by atoms with Crippen LogP contribution in [0.2, 0.25) is 0 Å². The minimum atomic E-state index is -0.491. The molecule has 5 heteroatoms. The number of methoxy groups -OCH3 is 1. The molecule has 180 valence electrons. The highest BCUT2D eigenvalue weighted by molar-refractivity contribution is 5.87. The summed E-state index contributed by atoms with van der Waals surface area (Å²) in [5.41, 5.74) is 3.48. The number of ether oxygens (including phenoxy) is 1. The number of nitrogens with one attached hydrogen (secondary N) is 1. The topological polar surface area (TPSA) is 58.6 Å². The van der Waals surface area contributed by atoms with Gasteiger partial charge in [0.15, 0.2) is 0 Å². The molecule has 5 nitrogen and oxygen atoms in total. The lowest BCUT2D eigenvalue weighted by Gasteiger charge is -2.31. The molecule has 0 unspecified atom stereocenters. The lowest BCUT2D eigenvalue weighted by Crippen LogP contribution is -2.49. The van der Waals surface area contributed by atoms with Gasteiger partial charge in [-0.15, -0.1) is 0 Å². The molecule has 0 aliphatic carbocycles. The first-order chi connectivity index (χ1) is 15.7. The number of carbonyl (C=O) groups is 2. The molecule has 1 N–H and O–H groups in total. The fourth-order valence-corrected chi connectivity index (χ4v) is 3.78. The van der Waals surface area contributed by atoms with Crippen molar-refractivity contribution in [1.82, 2.24) is 10.2 Å². The van der Waals surface area contributed by atoms with Gasteiger partial charge in [0.25, 0.3) is 0 Å². The molecule has 0 spiro atoms. The highest BCUT2D eigenvalue weighted by atomic mass is 16.5. The quantitative estimate of drug-likeness (QED) is 0.506. The second kappa shape index (κ2) is 12.4. The van der Waals surface area contributed by atoms with Crippen molar-refractivity contribution in [1.29, 1.82) is 0 Å². The first-order valence-corrected chi connectivity index (χ1v) is 12.0. The van der Waals surface area contributed by atoms with Gasteiger partial charge in [-0.05, 0) is 53.5 Å². The van der Waals surface area contributed by atoms with Crippen molar-refractivity contribution in [3.8, 4) is 5.75 Å². The Labute approximate surface area is 199 Å². The summed E-state index contributed by atoms with van der Waals surface area (Å²) in [6, 6.07) is 15.7. The molecule has 1 atom stereocenters. The molecule has 0 radical (unpaired) electrons. The van der Waals surface area contributed by atoms with Crippen molar-refractivity contribution in [2.24, 2.45) is 0 Å². The van der Waals surface area contributed by atoms with Crippen molar-refractivity contribution < 1.29 is 14.3 Å². The molecule has 0 saturated carbocycles. The number of benzene rings is 2. The summed E-state index contributed by atoms with van der Waals surface area (Å²) in [6.45, 7) is 11.6. The van der Waals surface area contributed by atoms with Gasteiger partial charge >= 0.3 is 0 Å². The van der Waals surface area contributed by atoms with Crippen LogP contribution in [0.1, 0.15) is 70.6 Å². The van der Waals surface area contributed by atoms with Gasteiger partial charge < -0.3 is 15.0 Å². The van der Waals surface area contributed by atoms with Crippen LogP contribution < -0.4 is 10.1 Å². The van der Waals surface area contributed by atoms with Crippen molar-refractivity contribution in [3.63, 3.8) is 0 Å². The Balaban J connectivity index is 2.17. The van der Waals surface area contributed by atoms with Crippen LogP contribution in [0.15, 0.2) is 48.5 Å². The molecule has 0 bridgehead atoms. The van der Waals surface area contributed by atoms with Gasteiger partial charge in [-0.25, -0.2) is 0 Å². The van der Waals surface area contributed by atoms with Crippen molar-refractivity contribution in [3.05, 3.63) is 65.2 Å². The molecule has 0 aliphatic heterocycles. The number of hydrogen-bond donors (Lipinski definition) is 1. The molecule has 33 heavy (non-hydrogen) atoms. The van der Waals surface area contributed by atoms with Crippen LogP contribution in [-0.2, 0) is 28.0 Å². The Kier molecular flexibility index (Phi) is 9.95. The number of nitrogens with zero attached hydrogens (tertiary/aromatic N) is 1. The highest BCUT2D eigenvalue weighted by Gasteiger charge is 2.28. The van der Waals surface area contributed by atoms with Gasteiger partial charge in [0.1, 0.15) is 11.8 Å². The van der Waals surface area contributed by atoms with Crippen LogP contribution in [0.4, 0.5) is 0 Å². The molecule has 0 aromatic heterocycles. The Hall–Kier alpha value is -2.82. The Morgan fingerprint density at radius 1 is 0.970 bits per heavy atom. The number of hydrogen-bond acceptors (Lipinski definition) is 3. The molecule has 0 heterocycles. The summed E-state index contributed by atoms with van der Waals surface area (Å²) >= 11 is 0. The number of aryl methyl sites for hydroxylation is 1. The molecule has 0 fully saturated rings. The first-order valence-electron chi connectivity index (χ1n) is 12.0. The maximum absolute atomic E-state index is 13.4. The fourth-order valence-electron chi connectivity index (χ4n) is 3.78. The average molecular weight is 453 g/mol. The third-order valence-corrected chi connectivity index (χ3v) is 5.89. The third-order valence-electron chi connectivity index (χ3n) is 5.89. The summed E-state index contributed by atoms with van der Waals surface area (Å²) < 4.78 is 5.24. The SMILES string of the molecule is CCCNC(=O)[C@H](CC)N(Cc1ccc(OC)cc1)C(=O)CCc1ccc(C(C)(C)C)cc1. The second-order valence-corrected chi connectivity index (χ2v) is 9.53. The van der Waals surface area contributed by atoms with Crippen molar-refractivity contribution in [2.75, 3.05) is 13.7 Å². The number of amides is 2. The molecular formula is C28H40N2O3. The van der Waals surface area contributed by atoms with E-state index in [0.29, 0.717) is 32.4 Å². The predicted octanol–water partition coefficient (Wildman–Crippen LogP) is 5.26. The zero-order valence-corrected chi connectivity index (χ0v) is 21.1. The minimum absolute atomic E-state index is 0.00999. The smallest absolute Gasteiger partial charge is 0.242 e. The molecule has 2 rings (SSSR count). The van der Waals surface area contributed by atoms with E-state index in [0.717, 1.165) is 23.3 Å². The van der Waals surface area contributed by atoms with Crippen LogP contribution in [-0.4, -0.2) is 36.4 Å². The summed E-state index contributed by atoms with van der Waals surface area (Å²) in [4.78, 5) is 28.0. The maximum Gasteiger partial charge on any atom is 0.242 e. The fraction of sp³-hybridized carbons (Fsp3) is 0.500.